The number of rotatable bonds is 8. The Balaban J connectivity index is 2.64. The lowest BCUT2D eigenvalue weighted by Gasteiger charge is -2.27. The van der Waals surface area contributed by atoms with Crippen molar-refractivity contribution in [2.24, 2.45) is 11.8 Å². The van der Waals surface area contributed by atoms with Crippen LogP contribution in [0.5, 0.6) is 0 Å². The molecule has 4 nitrogen and oxygen atoms in total. The first-order valence-electron chi connectivity index (χ1n) is 7.06. The lowest BCUT2D eigenvalue weighted by molar-refractivity contribution is 0.00309. The second-order valence-corrected chi connectivity index (χ2v) is 7.54. The lowest BCUT2D eigenvalue weighted by Crippen LogP contribution is -2.34. The van der Waals surface area contributed by atoms with Crippen LogP contribution in [-0.2, 0) is 9.84 Å². The van der Waals surface area contributed by atoms with Gasteiger partial charge < -0.3 is 10.2 Å². The molecule has 5 heteroatoms. The molecule has 0 unspecified atom stereocenters. The van der Waals surface area contributed by atoms with Gasteiger partial charge in [-0.15, -0.1) is 6.58 Å². The van der Waals surface area contributed by atoms with Gasteiger partial charge in [0, 0.05) is 11.8 Å². The summed E-state index contributed by atoms with van der Waals surface area (Å²) < 4.78 is 24.3. The van der Waals surface area contributed by atoms with Crippen LogP contribution in [-0.4, -0.2) is 36.6 Å². The quantitative estimate of drug-likeness (QED) is 0.720. The summed E-state index contributed by atoms with van der Waals surface area (Å²) in [5.74, 6) is -0.707. The number of benzene rings is 1. The predicted octanol–water partition coefficient (Wildman–Crippen LogP) is 2.03. The highest BCUT2D eigenvalue weighted by Crippen LogP contribution is 2.21. The van der Waals surface area contributed by atoms with Crippen LogP contribution in [0.15, 0.2) is 47.9 Å². The van der Waals surface area contributed by atoms with Gasteiger partial charge >= 0.3 is 0 Å². The lowest BCUT2D eigenvalue weighted by atomic mass is 9.88. The average Bonchev–Trinajstić information content (AvgIpc) is 2.51. The molecular formula is C16H24O4S. The molecule has 0 bridgehead atoms. The zero-order valence-corrected chi connectivity index (χ0v) is 13.3. The predicted molar refractivity (Wildman–Crippen MR) is 83.7 cm³/mol. The second kappa shape index (κ2) is 7.73. The highest BCUT2D eigenvalue weighted by Gasteiger charge is 2.27. The van der Waals surface area contributed by atoms with E-state index in [-0.39, 0.29) is 23.0 Å². The molecule has 0 saturated heterocycles. The Morgan fingerprint density at radius 2 is 1.76 bits per heavy atom. The highest BCUT2D eigenvalue weighted by molar-refractivity contribution is 7.91. The van der Waals surface area contributed by atoms with E-state index in [2.05, 4.69) is 6.58 Å². The molecule has 0 amide bonds. The van der Waals surface area contributed by atoms with Crippen molar-refractivity contribution in [3.63, 3.8) is 0 Å². The fourth-order valence-corrected chi connectivity index (χ4v) is 3.49. The summed E-state index contributed by atoms with van der Waals surface area (Å²) in [6, 6.07) is 8.17. The maximum absolute atomic E-state index is 12.1. The van der Waals surface area contributed by atoms with Gasteiger partial charge in [0.25, 0.3) is 0 Å². The van der Waals surface area contributed by atoms with Crippen molar-refractivity contribution in [3.05, 3.63) is 43.0 Å². The Hall–Kier alpha value is -1.17. The van der Waals surface area contributed by atoms with Gasteiger partial charge in [0.1, 0.15) is 0 Å². The Morgan fingerprint density at radius 3 is 2.29 bits per heavy atom. The molecule has 21 heavy (non-hydrogen) atoms. The van der Waals surface area contributed by atoms with Gasteiger partial charge in [0.05, 0.1) is 22.9 Å². The standard InChI is InChI=1S/C16H24O4S/c1-4-12(2)16(18)13(3)15(17)10-11-21(19,20)14-8-6-5-7-9-14/h4-9,12-13,15-18H,1,10-11H2,2-3H3/t12-,13+,15-,16-/m0/s1. The van der Waals surface area contributed by atoms with Crippen LogP contribution in [0.2, 0.25) is 0 Å². The molecule has 1 aromatic carbocycles. The summed E-state index contributed by atoms with van der Waals surface area (Å²) in [4.78, 5) is 0.255. The minimum atomic E-state index is -3.40. The maximum atomic E-state index is 12.1. The van der Waals surface area contributed by atoms with Crippen LogP contribution in [0.4, 0.5) is 0 Å². The van der Waals surface area contributed by atoms with E-state index in [4.69, 9.17) is 0 Å². The van der Waals surface area contributed by atoms with Crippen molar-refractivity contribution in [3.8, 4) is 0 Å². The molecule has 0 aliphatic carbocycles. The molecule has 0 saturated carbocycles. The molecule has 0 aliphatic rings. The van der Waals surface area contributed by atoms with Gasteiger partial charge in [0.15, 0.2) is 9.84 Å². The van der Waals surface area contributed by atoms with Crippen molar-refractivity contribution in [1.82, 2.24) is 0 Å². The van der Waals surface area contributed by atoms with E-state index in [0.717, 1.165) is 0 Å². The summed E-state index contributed by atoms with van der Waals surface area (Å²) in [6.07, 6.45) is 0.103. The van der Waals surface area contributed by atoms with Crippen LogP contribution in [0.1, 0.15) is 20.3 Å². The van der Waals surface area contributed by atoms with Crippen molar-refractivity contribution < 1.29 is 18.6 Å². The minimum Gasteiger partial charge on any atom is -0.393 e. The molecule has 0 radical (unpaired) electrons. The van der Waals surface area contributed by atoms with Gasteiger partial charge in [-0.25, -0.2) is 8.42 Å². The topological polar surface area (TPSA) is 74.6 Å². The molecule has 0 fully saturated rings. The van der Waals surface area contributed by atoms with Gasteiger partial charge in [-0.3, -0.25) is 0 Å². The Morgan fingerprint density at radius 1 is 1.19 bits per heavy atom. The molecular weight excluding hydrogens is 288 g/mol. The first kappa shape index (κ1) is 17.9. The van der Waals surface area contributed by atoms with Crippen molar-refractivity contribution in [1.29, 1.82) is 0 Å². The van der Waals surface area contributed by atoms with Crippen LogP contribution in [0.3, 0.4) is 0 Å². The van der Waals surface area contributed by atoms with E-state index in [1.165, 1.54) is 0 Å². The molecule has 1 aromatic rings. The third kappa shape index (κ3) is 4.95. The molecule has 2 N–H and O–H groups in total. The number of hydrogen-bond donors (Lipinski definition) is 2. The zero-order valence-electron chi connectivity index (χ0n) is 12.5. The molecule has 0 aliphatic heterocycles. The minimum absolute atomic E-state index is 0.0965. The van der Waals surface area contributed by atoms with Crippen LogP contribution < -0.4 is 0 Å². The first-order valence-corrected chi connectivity index (χ1v) is 8.71. The second-order valence-electron chi connectivity index (χ2n) is 5.43. The summed E-state index contributed by atoms with van der Waals surface area (Å²) in [7, 11) is -3.40. The highest BCUT2D eigenvalue weighted by atomic mass is 32.2. The first-order chi connectivity index (χ1) is 9.79. The zero-order chi connectivity index (χ0) is 16.0. The monoisotopic (exact) mass is 312 g/mol. The third-order valence-electron chi connectivity index (χ3n) is 3.84. The van der Waals surface area contributed by atoms with Gasteiger partial charge in [-0.1, -0.05) is 38.1 Å². The third-order valence-corrected chi connectivity index (χ3v) is 5.60. The smallest absolute Gasteiger partial charge is 0.178 e. The fourth-order valence-electron chi connectivity index (χ4n) is 2.13. The van der Waals surface area contributed by atoms with Gasteiger partial charge in [-0.05, 0) is 18.6 Å². The Labute approximate surface area is 127 Å². The number of sulfone groups is 1. The number of hydrogen-bond acceptors (Lipinski definition) is 4. The van der Waals surface area contributed by atoms with Crippen LogP contribution in [0, 0.1) is 11.8 Å². The Bertz CT molecular complexity index is 539. The van der Waals surface area contributed by atoms with E-state index in [1.54, 1.807) is 43.3 Å². The average molecular weight is 312 g/mol. The van der Waals surface area contributed by atoms with Crippen LogP contribution in [0.25, 0.3) is 0 Å². The SMILES string of the molecule is C=C[C@H](C)[C@H](O)[C@H](C)[C@@H](O)CCS(=O)(=O)c1ccccc1. The van der Waals surface area contributed by atoms with Crippen molar-refractivity contribution in [2.45, 2.75) is 37.4 Å². The molecule has 118 valence electrons. The van der Waals surface area contributed by atoms with E-state index in [0.29, 0.717) is 0 Å². The molecule has 1 rings (SSSR count). The van der Waals surface area contributed by atoms with Crippen molar-refractivity contribution in [2.75, 3.05) is 5.75 Å². The van der Waals surface area contributed by atoms with Crippen LogP contribution >= 0.6 is 0 Å². The number of aliphatic hydroxyl groups excluding tert-OH is 2. The van der Waals surface area contributed by atoms with E-state index in [1.807, 2.05) is 6.92 Å². The van der Waals surface area contributed by atoms with E-state index >= 15 is 0 Å². The maximum Gasteiger partial charge on any atom is 0.178 e. The normalized spacial score (nSPS) is 17.7. The summed E-state index contributed by atoms with van der Waals surface area (Å²) in [5, 5.41) is 20.1. The number of aliphatic hydroxyl groups is 2. The molecule has 4 atom stereocenters. The van der Waals surface area contributed by atoms with E-state index < -0.39 is 28.0 Å². The molecule has 0 heterocycles. The largest absolute Gasteiger partial charge is 0.393 e. The van der Waals surface area contributed by atoms with Gasteiger partial charge in [0.2, 0.25) is 0 Å². The fraction of sp³-hybridized carbons (Fsp3) is 0.500. The molecule has 0 aromatic heterocycles. The van der Waals surface area contributed by atoms with E-state index in [9.17, 15) is 18.6 Å². The van der Waals surface area contributed by atoms with Crippen molar-refractivity contribution >= 4 is 9.84 Å². The summed E-state index contributed by atoms with van der Waals surface area (Å²) >= 11 is 0. The molecule has 0 spiro atoms. The van der Waals surface area contributed by atoms with Gasteiger partial charge in [-0.2, -0.15) is 0 Å². The summed E-state index contributed by atoms with van der Waals surface area (Å²) in [5.41, 5.74) is 0. The Kier molecular flexibility index (Phi) is 6.58. The summed E-state index contributed by atoms with van der Waals surface area (Å²) in [6.45, 7) is 7.13.